The van der Waals surface area contributed by atoms with Crippen molar-refractivity contribution in [1.29, 1.82) is 0 Å². The molecule has 3 N–H and O–H groups in total. The fraction of sp³-hybridized carbons (Fsp3) is 1.00. The number of aliphatic hydroxyl groups excluding tert-OH is 2. The average Bonchev–Trinajstić information content (AvgIpc) is 1.68. The van der Waals surface area contributed by atoms with Gasteiger partial charge >= 0.3 is 0 Å². The lowest BCUT2D eigenvalue weighted by Crippen LogP contribution is -2.63. The van der Waals surface area contributed by atoms with Gasteiger partial charge in [0.25, 0.3) is 0 Å². The van der Waals surface area contributed by atoms with Crippen LogP contribution in [-0.2, 0) is 0 Å². The lowest BCUT2D eigenvalue weighted by atomic mass is 10.0. The van der Waals surface area contributed by atoms with Crippen LogP contribution in [0.5, 0.6) is 0 Å². The van der Waals surface area contributed by atoms with Crippen LogP contribution in [0.25, 0.3) is 0 Å². The zero-order chi connectivity index (χ0) is 5.44. The molecule has 1 fully saturated rings. The highest BCUT2D eigenvalue weighted by molar-refractivity contribution is 4.87. The summed E-state index contributed by atoms with van der Waals surface area (Å²) >= 11 is 0. The molecule has 0 aromatic carbocycles. The molecule has 3 atom stereocenters. The van der Waals surface area contributed by atoms with Gasteiger partial charge in [-0.2, -0.15) is 0 Å². The summed E-state index contributed by atoms with van der Waals surface area (Å²) in [6.07, 6.45) is -1.24. The lowest BCUT2D eigenvalue weighted by Gasteiger charge is -2.36. The molecule has 42 valence electrons. The quantitative estimate of drug-likeness (QED) is 0.355. The first-order valence-corrected chi connectivity index (χ1v) is 2.34. The van der Waals surface area contributed by atoms with Crippen molar-refractivity contribution in [2.24, 2.45) is 0 Å². The Labute approximate surface area is 42.0 Å². The Morgan fingerprint density at radius 3 is 2.00 bits per heavy atom. The summed E-state index contributed by atoms with van der Waals surface area (Å²) in [5.74, 6) is 0. The van der Waals surface area contributed by atoms with Gasteiger partial charge in [-0.3, -0.25) is 5.32 Å². The molecule has 1 rings (SSSR count). The van der Waals surface area contributed by atoms with Gasteiger partial charge in [0.15, 0.2) is 0 Å². The van der Waals surface area contributed by atoms with Gasteiger partial charge in [-0.15, -0.1) is 0 Å². The Hall–Kier alpha value is -0.120. The van der Waals surface area contributed by atoms with Crippen LogP contribution in [0.1, 0.15) is 6.92 Å². The monoisotopic (exact) mass is 103 g/mol. The van der Waals surface area contributed by atoms with Crippen molar-refractivity contribution in [3.63, 3.8) is 0 Å². The van der Waals surface area contributed by atoms with Crippen LogP contribution < -0.4 is 5.32 Å². The molecular weight excluding hydrogens is 94.0 g/mol. The molecule has 0 aromatic heterocycles. The number of hydrogen-bond donors (Lipinski definition) is 3. The molecular formula is C4H9NO2. The van der Waals surface area contributed by atoms with Crippen molar-refractivity contribution >= 4 is 0 Å². The maximum atomic E-state index is 8.67. The molecule has 1 saturated heterocycles. The van der Waals surface area contributed by atoms with E-state index in [4.69, 9.17) is 10.2 Å². The van der Waals surface area contributed by atoms with Crippen LogP contribution in [0.15, 0.2) is 0 Å². The summed E-state index contributed by atoms with van der Waals surface area (Å²) in [6.45, 7) is 1.82. The lowest BCUT2D eigenvalue weighted by molar-refractivity contribution is -0.0948. The SMILES string of the molecule is CC1NC(O)C1O. The first-order valence-electron chi connectivity index (χ1n) is 2.34. The van der Waals surface area contributed by atoms with Crippen molar-refractivity contribution in [2.45, 2.75) is 25.3 Å². The predicted molar refractivity (Wildman–Crippen MR) is 24.6 cm³/mol. The first-order chi connectivity index (χ1) is 3.22. The third kappa shape index (κ3) is 0.627. The van der Waals surface area contributed by atoms with Crippen molar-refractivity contribution in [3.8, 4) is 0 Å². The highest BCUT2D eigenvalue weighted by atomic mass is 16.4. The maximum Gasteiger partial charge on any atom is 0.132 e. The Balaban J connectivity index is 2.29. The predicted octanol–water partition coefficient (Wildman–Crippen LogP) is -1.34. The molecule has 0 aliphatic carbocycles. The topological polar surface area (TPSA) is 52.5 Å². The van der Waals surface area contributed by atoms with Gasteiger partial charge in [0.2, 0.25) is 0 Å². The number of hydrogen-bond acceptors (Lipinski definition) is 3. The van der Waals surface area contributed by atoms with E-state index in [0.29, 0.717) is 0 Å². The van der Waals surface area contributed by atoms with E-state index in [1.807, 2.05) is 6.92 Å². The van der Waals surface area contributed by atoms with Gasteiger partial charge < -0.3 is 10.2 Å². The average molecular weight is 103 g/mol. The summed E-state index contributed by atoms with van der Waals surface area (Å²) in [5.41, 5.74) is 0. The van der Waals surface area contributed by atoms with Crippen LogP contribution >= 0.6 is 0 Å². The van der Waals surface area contributed by atoms with E-state index in [-0.39, 0.29) is 6.04 Å². The van der Waals surface area contributed by atoms with Crippen molar-refractivity contribution in [2.75, 3.05) is 0 Å². The molecule has 7 heavy (non-hydrogen) atoms. The van der Waals surface area contributed by atoms with Crippen LogP contribution in [-0.4, -0.2) is 28.6 Å². The largest absolute Gasteiger partial charge is 0.387 e. The molecule has 0 bridgehead atoms. The van der Waals surface area contributed by atoms with Crippen molar-refractivity contribution in [3.05, 3.63) is 0 Å². The summed E-state index contributed by atoms with van der Waals surface area (Å²) in [4.78, 5) is 0. The fourth-order valence-corrected chi connectivity index (χ4v) is 0.621. The fourth-order valence-electron chi connectivity index (χ4n) is 0.621. The molecule has 0 radical (unpaired) electrons. The number of aliphatic hydroxyl groups is 2. The Bertz CT molecular complexity index is 68.1. The van der Waals surface area contributed by atoms with Gasteiger partial charge in [-0.25, -0.2) is 0 Å². The maximum absolute atomic E-state index is 8.67. The second-order valence-corrected chi connectivity index (χ2v) is 1.89. The summed E-state index contributed by atoms with van der Waals surface area (Å²) in [5, 5.41) is 19.9. The molecule has 0 aromatic rings. The molecule has 3 unspecified atom stereocenters. The smallest absolute Gasteiger partial charge is 0.132 e. The van der Waals surface area contributed by atoms with Crippen molar-refractivity contribution in [1.82, 2.24) is 5.32 Å². The Morgan fingerprint density at radius 2 is 2.00 bits per heavy atom. The standard InChI is InChI=1S/C4H9NO2/c1-2-3(6)4(7)5-2/h2-7H,1H3. The number of nitrogens with one attached hydrogen (secondary N) is 1. The normalized spacial score (nSPS) is 51.0. The van der Waals surface area contributed by atoms with Crippen LogP contribution in [0.2, 0.25) is 0 Å². The molecule has 1 heterocycles. The van der Waals surface area contributed by atoms with Crippen LogP contribution in [0.4, 0.5) is 0 Å². The van der Waals surface area contributed by atoms with Gasteiger partial charge in [0.1, 0.15) is 12.3 Å². The van der Waals surface area contributed by atoms with Crippen LogP contribution in [0.3, 0.4) is 0 Å². The molecule has 3 heteroatoms. The molecule has 0 saturated carbocycles. The van der Waals surface area contributed by atoms with E-state index >= 15 is 0 Å². The first kappa shape index (κ1) is 5.03. The molecule has 3 nitrogen and oxygen atoms in total. The zero-order valence-corrected chi connectivity index (χ0v) is 4.13. The van der Waals surface area contributed by atoms with Gasteiger partial charge in [0, 0.05) is 6.04 Å². The summed E-state index contributed by atoms with van der Waals surface area (Å²) in [7, 11) is 0. The van der Waals surface area contributed by atoms with E-state index in [1.165, 1.54) is 0 Å². The molecule has 0 amide bonds. The molecule has 1 aliphatic heterocycles. The number of rotatable bonds is 0. The van der Waals surface area contributed by atoms with Gasteiger partial charge in [0.05, 0.1) is 0 Å². The third-order valence-corrected chi connectivity index (χ3v) is 1.27. The van der Waals surface area contributed by atoms with E-state index in [2.05, 4.69) is 5.32 Å². The van der Waals surface area contributed by atoms with E-state index in [9.17, 15) is 0 Å². The Kier molecular flexibility index (Phi) is 1.03. The second-order valence-electron chi connectivity index (χ2n) is 1.89. The Morgan fingerprint density at radius 1 is 1.43 bits per heavy atom. The minimum Gasteiger partial charge on any atom is -0.387 e. The zero-order valence-electron chi connectivity index (χ0n) is 4.13. The van der Waals surface area contributed by atoms with Crippen molar-refractivity contribution < 1.29 is 10.2 Å². The highest BCUT2D eigenvalue weighted by Gasteiger charge is 2.33. The van der Waals surface area contributed by atoms with Gasteiger partial charge in [-0.1, -0.05) is 0 Å². The van der Waals surface area contributed by atoms with E-state index in [0.717, 1.165) is 0 Å². The summed E-state index contributed by atoms with van der Waals surface area (Å²) < 4.78 is 0. The van der Waals surface area contributed by atoms with Crippen LogP contribution in [0, 0.1) is 0 Å². The minimum absolute atomic E-state index is 0.0648. The summed E-state index contributed by atoms with van der Waals surface area (Å²) in [6, 6.07) is 0.0648. The second kappa shape index (κ2) is 1.43. The molecule has 1 aliphatic rings. The highest BCUT2D eigenvalue weighted by Crippen LogP contribution is 2.07. The minimum atomic E-state index is -0.685. The molecule has 0 spiro atoms. The van der Waals surface area contributed by atoms with E-state index < -0.39 is 12.3 Å². The van der Waals surface area contributed by atoms with E-state index in [1.54, 1.807) is 0 Å². The van der Waals surface area contributed by atoms with Gasteiger partial charge in [-0.05, 0) is 6.92 Å². The third-order valence-electron chi connectivity index (χ3n) is 1.27.